The summed E-state index contributed by atoms with van der Waals surface area (Å²) in [6, 6.07) is 15.3. The molecule has 28 heavy (non-hydrogen) atoms. The molecule has 0 bridgehead atoms. The van der Waals surface area contributed by atoms with Crippen molar-refractivity contribution in [3.8, 4) is 0 Å². The second kappa shape index (κ2) is 7.53. The number of ketones is 1. The van der Waals surface area contributed by atoms with Crippen LogP contribution in [0.1, 0.15) is 34.3 Å². The summed E-state index contributed by atoms with van der Waals surface area (Å²) < 4.78 is 27.2. The number of piperidine rings is 1. The molecular weight excluding hydrogens is 372 g/mol. The van der Waals surface area contributed by atoms with Crippen molar-refractivity contribution in [3.63, 3.8) is 0 Å². The van der Waals surface area contributed by atoms with E-state index in [1.54, 1.807) is 10.5 Å². The van der Waals surface area contributed by atoms with Gasteiger partial charge in [-0.15, -0.1) is 0 Å². The maximum absolute atomic E-state index is 13.0. The van der Waals surface area contributed by atoms with Crippen LogP contribution in [-0.2, 0) is 15.8 Å². The Hall–Kier alpha value is -2.44. The Balaban J connectivity index is 1.44. The number of nitrogens with zero attached hydrogens (tertiary/aromatic N) is 1. The molecule has 0 aliphatic carbocycles. The second-order valence-electron chi connectivity index (χ2n) is 7.47. The lowest BCUT2D eigenvalue weighted by molar-refractivity contribution is 0.0877. The predicted molar refractivity (Wildman–Crippen MR) is 111 cm³/mol. The molecule has 1 fully saturated rings. The van der Waals surface area contributed by atoms with E-state index < -0.39 is 10.0 Å². The van der Waals surface area contributed by atoms with Crippen LogP contribution in [0.4, 0.5) is 0 Å². The second-order valence-corrected chi connectivity index (χ2v) is 9.44. The lowest BCUT2D eigenvalue weighted by Crippen LogP contribution is -2.40. The van der Waals surface area contributed by atoms with Crippen molar-refractivity contribution in [2.75, 3.05) is 13.1 Å². The molecule has 146 valence electrons. The van der Waals surface area contributed by atoms with Crippen LogP contribution in [0.3, 0.4) is 0 Å². The van der Waals surface area contributed by atoms with E-state index in [9.17, 15) is 13.2 Å². The first-order valence-corrected chi connectivity index (χ1v) is 11.2. The van der Waals surface area contributed by atoms with Crippen molar-refractivity contribution in [1.29, 1.82) is 0 Å². The molecule has 0 atom stereocenters. The normalized spacial score (nSPS) is 16.5. The number of aromatic nitrogens is 1. The van der Waals surface area contributed by atoms with Crippen molar-refractivity contribution in [2.45, 2.75) is 25.5 Å². The van der Waals surface area contributed by atoms with Gasteiger partial charge in [0.15, 0.2) is 5.78 Å². The molecule has 3 aromatic rings. The maximum atomic E-state index is 13.0. The van der Waals surface area contributed by atoms with Gasteiger partial charge in [0.2, 0.25) is 10.0 Å². The fraction of sp³-hybridized carbons (Fsp3) is 0.318. The number of aryl methyl sites for hydroxylation is 1. The summed E-state index contributed by atoms with van der Waals surface area (Å²) >= 11 is 0. The van der Waals surface area contributed by atoms with Crippen molar-refractivity contribution in [2.24, 2.45) is 5.92 Å². The molecule has 0 spiro atoms. The third-order valence-electron chi connectivity index (χ3n) is 5.67. The molecule has 0 saturated carbocycles. The van der Waals surface area contributed by atoms with E-state index in [4.69, 9.17) is 0 Å². The van der Waals surface area contributed by atoms with Crippen LogP contribution in [0.2, 0.25) is 0 Å². The summed E-state index contributed by atoms with van der Waals surface area (Å²) in [5, 5.41) is 0.933. The molecule has 2 heterocycles. The topological polar surface area (TPSA) is 70.2 Å². The van der Waals surface area contributed by atoms with Crippen molar-refractivity contribution >= 4 is 26.7 Å². The average Bonchev–Trinajstić information content (AvgIpc) is 3.13. The first-order chi connectivity index (χ1) is 13.5. The minimum absolute atomic E-state index is 0.0146. The maximum Gasteiger partial charge on any atom is 0.218 e. The van der Waals surface area contributed by atoms with Crippen LogP contribution < -0.4 is 0 Å². The number of aromatic amines is 1. The Labute approximate surface area is 165 Å². The third kappa shape index (κ3) is 3.62. The van der Waals surface area contributed by atoms with Gasteiger partial charge >= 0.3 is 0 Å². The number of hydrogen-bond acceptors (Lipinski definition) is 3. The molecule has 1 aliphatic heterocycles. The highest BCUT2D eigenvalue weighted by Crippen LogP contribution is 2.28. The summed E-state index contributed by atoms with van der Waals surface area (Å²) in [4.78, 5) is 16.1. The van der Waals surface area contributed by atoms with E-state index in [0.717, 1.165) is 22.0 Å². The van der Waals surface area contributed by atoms with Gasteiger partial charge in [0, 0.05) is 41.7 Å². The van der Waals surface area contributed by atoms with Crippen LogP contribution >= 0.6 is 0 Å². The number of carbonyl (C=O) groups excluding carboxylic acids is 1. The van der Waals surface area contributed by atoms with Gasteiger partial charge in [0.1, 0.15) is 0 Å². The molecule has 4 rings (SSSR count). The number of rotatable bonds is 5. The van der Waals surface area contributed by atoms with Gasteiger partial charge in [0.25, 0.3) is 0 Å². The zero-order valence-electron chi connectivity index (χ0n) is 15.9. The smallest absolute Gasteiger partial charge is 0.218 e. The fourth-order valence-electron chi connectivity index (χ4n) is 3.95. The molecule has 0 unspecified atom stereocenters. The van der Waals surface area contributed by atoms with Gasteiger partial charge in [-0.1, -0.05) is 42.5 Å². The molecule has 1 aliphatic rings. The minimum Gasteiger partial charge on any atom is -0.360 e. The molecule has 1 aromatic heterocycles. The van der Waals surface area contributed by atoms with E-state index in [-0.39, 0.29) is 17.5 Å². The van der Waals surface area contributed by atoms with E-state index in [0.29, 0.717) is 31.5 Å². The Morgan fingerprint density at radius 2 is 1.75 bits per heavy atom. The molecule has 0 radical (unpaired) electrons. The van der Waals surface area contributed by atoms with Gasteiger partial charge in [-0.3, -0.25) is 4.79 Å². The summed E-state index contributed by atoms with van der Waals surface area (Å²) in [7, 11) is -3.38. The van der Waals surface area contributed by atoms with Crippen molar-refractivity contribution in [1.82, 2.24) is 9.29 Å². The number of fused-ring (bicyclic) bond motifs is 1. The highest BCUT2D eigenvalue weighted by molar-refractivity contribution is 7.88. The van der Waals surface area contributed by atoms with Gasteiger partial charge in [-0.25, -0.2) is 12.7 Å². The van der Waals surface area contributed by atoms with Gasteiger partial charge in [-0.05, 0) is 37.0 Å². The minimum atomic E-state index is -3.38. The zero-order chi connectivity index (χ0) is 19.7. The van der Waals surface area contributed by atoms with Gasteiger partial charge in [0.05, 0.1) is 5.75 Å². The number of para-hydroxylation sites is 1. The highest BCUT2D eigenvalue weighted by Gasteiger charge is 2.32. The van der Waals surface area contributed by atoms with E-state index in [1.165, 1.54) is 0 Å². The van der Waals surface area contributed by atoms with Crippen LogP contribution in [0.5, 0.6) is 0 Å². The first kappa shape index (κ1) is 18.9. The Morgan fingerprint density at radius 3 is 2.50 bits per heavy atom. The lowest BCUT2D eigenvalue weighted by Gasteiger charge is -2.30. The highest BCUT2D eigenvalue weighted by atomic mass is 32.2. The van der Waals surface area contributed by atoms with Gasteiger partial charge < -0.3 is 4.98 Å². The Morgan fingerprint density at radius 1 is 1.07 bits per heavy atom. The third-order valence-corrected chi connectivity index (χ3v) is 7.50. The van der Waals surface area contributed by atoms with Gasteiger partial charge in [-0.2, -0.15) is 0 Å². The summed E-state index contributed by atoms with van der Waals surface area (Å²) in [6.45, 7) is 2.72. The van der Waals surface area contributed by atoms with E-state index in [1.807, 2.05) is 55.5 Å². The summed E-state index contributed by atoms with van der Waals surface area (Å²) in [5.74, 6) is -0.0155. The quantitative estimate of drug-likeness (QED) is 0.665. The predicted octanol–water partition coefficient (Wildman–Crippen LogP) is 3.90. The molecule has 1 N–H and O–H groups in total. The molecule has 5 nitrogen and oxygen atoms in total. The molecular formula is C22H24N2O3S. The van der Waals surface area contributed by atoms with Crippen LogP contribution in [-0.4, -0.2) is 36.6 Å². The zero-order valence-corrected chi connectivity index (χ0v) is 16.7. The number of carbonyl (C=O) groups is 1. The van der Waals surface area contributed by atoms with Crippen LogP contribution in [0.15, 0.2) is 54.7 Å². The number of hydrogen-bond donors (Lipinski definition) is 1. The van der Waals surface area contributed by atoms with E-state index >= 15 is 0 Å². The lowest BCUT2D eigenvalue weighted by atomic mass is 9.89. The first-order valence-electron chi connectivity index (χ1n) is 9.58. The number of Topliss-reactive ketones (excluding diaryl/α,β-unsaturated/α-hetero) is 1. The average molecular weight is 397 g/mol. The Bertz CT molecular complexity index is 1110. The van der Waals surface area contributed by atoms with Crippen molar-refractivity contribution < 1.29 is 13.2 Å². The summed E-state index contributed by atoms with van der Waals surface area (Å²) in [5.41, 5.74) is 3.47. The fourth-order valence-corrected chi connectivity index (χ4v) is 5.62. The molecule has 1 saturated heterocycles. The molecule has 2 aromatic carbocycles. The van der Waals surface area contributed by atoms with Crippen LogP contribution in [0, 0.1) is 12.8 Å². The Kier molecular flexibility index (Phi) is 5.08. The molecule has 6 heteroatoms. The van der Waals surface area contributed by atoms with E-state index in [2.05, 4.69) is 4.98 Å². The van der Waals surface area contributed by atoms with Crippen LogP contribution in [0.25, 0.3) is 10.9 Å². The largest absolute Gasteiger partial charge is 0.360 e. The number of H-pyrrole nitrogens is 1. The molecule has 0 amide bonds. The van der Waals surface area contributed by atoms with Crippen molar-refractivity contribution in [3.05, 3.63) is 71.4 Å². The monoisotopic (exact) mass is 396 g/mol. The SMILES string of the molecule is Cc1ccccc1CS(=O)(=O)N1CCC(C(=O)c2c[nH]c3ccccc23)CC1. The number of benzene rings is 2. The number of nitrogens with one attached hydrogen (secondary N) is 1. The summed E-state index contributed by atoms with van der Waals surface area (Å²) in [6.07, 6.45) is 2.89. The standard InChI is InChI=1S/C22H24N2O3S/c1-16-6-2-3-7-18(16)15-28(26,27)24-12-10-17(11-13-24)22(25)20-14-23-21-9-5-4-8-19(20)21/h2-9,14,17,23H,10-13,15H2,1H3. The number of sulfonamides is 1.